The second-order valence-corrected chi connectivity index (χ2v) is 5.17. The van der Waals surface area contributed by atoms with Crippen LogP contribution in [-0.4, -0.2) is 31.1 Å². The lowest BCUT2D eigenvalue weighted by atomic mass is 10.1. The maximum atomic E-state index is 11.6. The minimum atomic E-state index is -0.527. The van der Waals surface area contributed by atoms with Gasteiger partial charge in [-0.15, -0.1) is 0 Å². The molecule has 0 saturated carbocycles. The lowest BCUT2D eigenvalue weighted by Crippen LogP contribution is -2.44. The minimum Gasteiger partial charge on any atom is -0.463 e. The Morgan fingerprint density at radius 1 is 1.37 bits per heavy atom. The molecule has 0 atom stereocenters. The molecule has 0 radical (unpaired) electrons. The van der Waals surface area contributed by atoms with Crippen molar-refractivity contribution in [2.24, 2.45) is 0 Å². The van der Waals surface area contributed by atoms with E-state index in [2.05, 4.69) is 15.4 Å². The molecule has 0 fully saturated rings. The number of hydrogen-bond acceptors (Lipinski definition) is 5. The fraction of sp³-hybridized carbons (Fsp3) is 0.538. The number of carbonyl (C=O) groups is 2. The van der Waals surface area contributed by atoms with E-state index in [1.807, 2.05) is 20.8 Å². The van der Waals surface area contributed by atoms with Crippen LogP contribution < -0.4 is 10.6 Å². The van der Waals surface area contributed by atoms with Crippen LogP contribution in [0.15, 0.2) is 16.7 Å². The number of ether oxygens (including phenoxy) is 1. The van der Waals surface area contributed by atoms with E-state index in [0.29, 0.717) is 12.1 Å². The molecule has 2 N–H and O–H groups in total. The third-order valence-electron chi connectivity index (χ3n) is 2.23. The highest BCUT2D eigenvalue weighted by molar-refractivity contribution is 5.87. The van der Waals surface area contributed by atoms with Crippen LogP contribution in [0.2, 0.25) is 0 Å². The summed E-state index contributed by atoms with van der Waals surface area (Å²) in [7, 11) is 1.29. The molecule has 1 aromatic heterocycles. The highest BCUT2D eigenvalue weighted by Gasteiger charge is 2.16. The first-order valence-electron chi connectivity index (χ1n) is 6.00. The van der Waals surface area contributed by atoms with Crippen LogP contribution in [0, 0.1) is 0 Å². The van der Waals surface area contributed by atoms with Crippen molar-refractivity contribution in [3.05, 3.63) is 23.7 Å². The van der Waals surface area contributed by atoms with Gasteiger partial charge in [0, 0.05) is 17.6 Å². The van der Waals surface area contributed by atoms with Crippen LogP contribution in [-0.2, 0) is 16.1 Å². The van der Waals surface area contributed by atoms with Gasteiger partial charge in [0.05, 0.1) is 19.9 Å². The van der Waals surface area contributed by atoms with Crippen LogP contribution in [0.1, 0.15) is 36.9 Å². The first-order valence-corrected chi connectivity index (χ1v) is 6.00. The molecule has 0 bridgehead atoms. The molecule has 0 saturated heterocycles. The van der Waals surface area contributed by atoms with Crippen LogP contribution >= 0.6 is 0 Å². The molecule has 1 heterocycles. The summed E-state index contributed by atoms with van der Waals surface area (Å²) in [6, 6.07) is 1.67. The molecule has 0 aliphatic heterocycles. The maximum absolute atomic E-state index is 11.6. The van der Waals surface area contributed by atoms with E-state index in [1.165, 1.54) is 13.4 Å². The molecule has 6 heteroatoms. The van der Waals surface area contributed by atoms with E-state index in [0.717, 1.165) is 0 Å². The Hall–Kier alpha value is -1.82. The molecule has 0 aliphatic carbocycles. The predicted octanol–water partition coefficient (Wildman–Crippen LogP) is 1.07. The van der Waals surface area contributed by atoms with Gasteiger partial charge in [-0.1, -0.05) is 0 Å². The summed E-state index contributed by atoms with van der Waals surface area (Å²) in [5.74, 6) is -0.470. The molecule has 1 aromatic rings. The van der Waals surface area contributed by atoms with Crippen LogP contribution in [0.4, 0.5) is 0 Å². The molecular formula is C13H20N2O4. The number of nitrogens with one attached hydrogen (secondary N) is 2. The highest BCUT2D eigenvalue weighted by atomic mass is 16.5. The second kappa shape index (κ2) is 6.38. The Kier molecular flexibility index (Phi) is 5.11. The van der Waals surface area contributed by atoms with Crippen molar-refractivity contribution in [1.82, 2.24) is 10.6 Å². The monoisotopic (exact) mass is 268 g/mol. The van der Waals surface area contributed by atoms with Crippen LogP contribution in [0.25, 0.3) is 0 Å². The molecule has 0 spiro atoms. The summed E-state index contributed by atoms with van der Waals surface area (Å²) in [5.41, 5.74) is 0.404. The lowest BCUT2D eigenvalue weighted by Gasteiger charge is -2.20. The number of furan rings is 1. The zero-order chi connectivity index (χ0) is 14.5. The topological polar surface area (TPSA) is 80.6 Å². The van der Waals surface area contributed by atoms with Gasteiger partial charge < -0.3 is 19.8 Å². The average molecular weight is 268 g/mol. The molecule has 1 rings (SSSR count). The Bertz CT molecular complexity index is 446. The molecular weight excluding hydrogens is 248 g/mol. The van der Waals surface area contributed by atoms with Gasteiger partial charge >= 0.3 is 5.97 Å². The van der Waals surface area contributed by atoms with Crippen LogP contribution in [0.3, 0.4) is 0 Å². The van der Waals surface area contributed by atoms with Crippen molar-refractivity contribution in [2.75, 3.05) is 13.7 Å². The van der Waals surface area contributed by atoms with E-state index in [9.17, 15) is 9.59 Å². The van der Waals surface area contributed by atoms with Crippen molar-refractivity contribution in [3.63, 3.8) is 0 Å². The molecule has 0 aromatic carbocycles. The first-order chi connectivity index (χ1) is 8.83. The number of hydrogen-bond donors (Lipinski definition) is 2. The molecule has 0 unspecified atom stereocenters. The number of esters is 1. The number of methoxy groups -OCH3 is 1. The number of rotatable bonds is 5. The van der Waals surface area contributed by atoms with Gasteiger partial charge in [0.15, 0.2) is 0 Å². The van der Waals surface area contributed by atoms with E-state index in [-0.39, 0.29) is 23.8 Å². The summed E-state index contributed by atoms with van der Waals surface area (Å²) in [6.45, 7) is 6.27. The molecule has 1 amide bonds. The van der Waals surface area contributed by atoms with E-state index < -0.39 is 5.97 Å². The van der Waals surface area contributed by atoms with E-state index in [1.54, 1.807) is 6.07 Å². The largest absolute Gasteiger partial charge is 0.463 e. The van der Waals surface area contributed by atoms with Crippen molar-refractivity contribution in [3.8, 4) is 0 Å². The van der Waals surface area contributed by atoms with Crippen molar-refractivity contribution in [2.45, 2.75) is 32.9 Å². The third-order valence-corrected chi connectivity index (χ3v) is 2.23. The summed E-state index contributed by atoms with van der Waals surface area (Å²) in [4.78, 5) is 22.9. The second-order valence-electron chi connectivity index (χ2n) is 5.17. The molecule has 6 nitrogen and oxygen atoms in total. The van der Waals surface area contributed by atoms with Gasteiger partial charge in [0.1, 0.15) is 0 Å². The highest BCUT2D eigenvalue weighted by Crippen LogP contribution is 2.11. The van der Waals surface area contributed by atoms with Gasteiger partial charge in [0.25, 0.3) is 0 Å². The normalized spacial score (nSPS) is 11.2. The number of carbonyl (C=O) groups excluding carboxylic acids is 2. The van der Waals surface area contributed by atoms with Gasteiger partial charge in [-0.2, -0.15) is 0 Å². The SMILES string of the molecule is COC(=O)c1occc1CNCC(=O)NC(C)(C)C. The third kappa shape index (κ3) is 5.13. The average Bonchev–Trinajstić information content (AvgIpc) is 2.74. The molecule has 19 heavy (non-hydrogen) atoms. The zero-order valence-corrected chi connectivity index (χ0v) is 11.7. The summed E-state index contributed by atoms with van der Waals surface area (Å²) in [5, 5.41) is 5.78. The molecule has 106 valence electrons. The Balaban J connectivity index is 2.44. The summed E-state index contributed by atoms with van der Waals surface area (Å²) in [6.07, 6.45) is 1.42. The summed E-state index contributed by atoms with van der Waals surface area (Å²) < 4.78 is 9.63. The van der Waals surface area contributed by atoms with Crippen LogP contribution in [0.5, 0.6) is 0 Å². The quantitative estimate of drug-likeness (QED) is 0.781. The van der Waals surface area contributed by atoms with Gasteiger partial charge in [-0.3, -0.25) is 4.79 Å². The van der Waals surface area contributed by atoms with Gasteiger partial charge in [0.2, 0.25) is 11.7 Å². The fourth-order valence-electron chi connectivity index (χ4n) is 1.52. The standard InChI is InChI=1S/C13H20N2O4/c1-13(2,3)15-10(16)8-14-7-9-5-6-19-11(9)12(17)18-4/h5-6,14H,7-8H2,1-4H3,(H,15,16). The maximum Gasteiger partial charge on any atom is 0.374 e. The van der Waals surface area contributed by atoms with Gasteiger partial charge in [-0.25, -0.2) is 4.79 Å². The first kappa shape index (κ1) is 15.2. The van der Waals surface area contributed by atoms with E-state index in [4.69, 9.17) is 4.42 Å². The van der Waals surface area contributed by atoms with Gasteiger partial charge in [-0.05, 0) is 26.8 Å². The smallest absolute Gasteiger partial charge is 0.374 e. The van der Waals surface area contributed by atoms with Crippen molar-refractivity contribution in [1.29, 1.82) is 0 Å². The molecule has 0 aliphatic rings. The minimum absolute atomic E-state index is 0.101. The lowest BCUT2D eigenvalue weighted by molar-refractivity contribution is -0.121. The Morgan fingerprint density at radius 3 is 2.63 bits per heavy atom. The Labute approximate surface area is 112 Å². The van der Waals surface area contributed by atoms with Crippen molar-refractivity contribution < 1.29 is 18.7 Å². The fourth-order valence-corrected chi connectivity index (χ4v) is 1.52. The zero-order valence-electron chi connectivity index (χ0n) is 11.7. The van der Waals surface area contributed by atoms with E-state index >= 15 is 0 Å². The number of amides is 1. The van der Waals surface area contributed by atoms with Crippen molar-refractivity contribution >= 4 is 11.9 Å². The summed E-state index contributed by atoms with van der Waals surface area (Å²) >= 11 is 0. The predicted molar refractivity (Wildman–Crippen MR) is 69.6 cm³/mol. The Morgan fingerprint density at radius 2 is 2.05 bits per heavy atom.